The Kier molecular flexibility index (Phi) is 5.65. The van der Waals surface area contributed by atoms with Crippen molar-refractivity contribution in [1.29, 1.82) is 0 Å². The van der Waals surface area contributed by atoms with Gasteiger partial charge in [-0.15, -0.1) is 0 Å². The van der Waals surface area contributed by atoms with E-state index in [1.165, 1.54) is 5.56 Å². The van der Waals surface area contributed by atoms with E-state index in [9.17, 15) is 5.11 Å². The number of hydrogen-bond donors (Lipinski definition) is 1. The molecular weight excluding hydrogens is 326 g/mol. The van der Waals surface area contributed by atoms with Crippen molar-refractivity contribution in [2.24, 2.45) is 0 Å². The van der Waals surface area contributed by atoms with Crippen molar-refractivity contribution in [2.75, 3.05) is 13.2 Å². The zero-order valence-corrected chi connectivity index (χ0v) is 15.4. The van der Waals surface area contributed by atoms with Crippen LogP contribution in [0.2, 0.25) is 0 Å². The monoisotopic (exact) mass is 355 g/mol. The fourth-order valence-electron chi connectivity index (χ4n) is 4.18. The predicted molar refractivity (Wildman–Crippen MR) is 100 cm³/mol. The third-order valence-electron chi connectivity index (χ3n) is 5.82. The average Bonchev–Trinajstić information content (AvgIpc) is 3.13. The molecule has 1 aliphatic carbocycles. The van der Waals surface area contributed by atoms with E-state index in [0.717, 1.165) is 76.4 Å². The maximum atomic E-state index is 9.85. The van der Waals surface area contributed by atoms with E-state index in [1.54, 1.807) is 0 Å². The van der Waals surface area contributed by atoms with Gasteiger partial charge in [0.05, 0.1) is 6.10 Å². The van der Waals surface area contributed by atoms with Crippen LogP contribution in [0, 0.1) is 0 Å². The lowest BCUT2D eigenvalue weighted by Gasteiger charge is -2.25. The number of rotatable bonds is 5. The second kappa shape index (κ2) is 8.31. The number of nitrogens with zero attached hydrogens (tertiary/aromatic N) is 3. The van der Waals surface area contributed by atoms with Crippen LogP contribution in [0.1, 0.15) is 67.6 Å². The third-order valence-corrected chi connectivity index (χ3v) is 5.82. The van der Waals surface area contributed by atoms with Crippen LogP contribution < -0.4 is 0 Å². The molecule has 1 N–H and O–H groups in total. The summed E-state index contributed by atoms with van der Waals surface area (Å²) in [5.41, 5.74) is 1.33. The Morgan fingerprint density at radius 3 is 2.42 bits per heavy atom. The second-order valence-electron chi connectivity index (χ2n) is 7.68. The van der Waals surface area contributed by atoms with Gasteiger partial charge in [0, 0.05) is 31.6 Å². The van der Waals surface area contributed by atoms with Gasteiger partial charge in [-0.3, -0.25) is 0 Å². The molecule has 1 saturated carbocycles. The summed E-state index contributed by atoms with van der Waals surface area (Å²) in [6.45, 7) is 2.50. The van der Waals surface area contributed by atoms with E-state index < -0.39 is 0 Å². The van der Waals surface area contributed by atoms with Crippen molar-refractivity contribution in [3.63, 3.8) is 0 Å². The van der Waals surface area contributed by atoms with Crippen LogP contribution in [0.15, 0.2) is 30.3 Å². The lowest BCUT2D eigenvalue weighted by atomic mass is 9.87. The van der Waals surface area contributed by atoms with Gasteiger partial charge in [0.25, 0.3) is 0 Å². The number of aliphatic hydroxyl groups is 1. The SMILES string of the molecule is OC1CCC(c2nc(C3CCOCC3)nn2CCc2ccccc2)CC1. The molecule has 4 rings (SSSR count). The Bertz CT molecular complexity index is 687. The van der Waals surface area contributed by atoms with E-state index in [0.29, 0.717) is 11.8 Å². The highest BCUT2D eigenvalue weighted by Crippen LogP contribution is 2.33. The van der Waals surface area contributed by atoms with Gasteiger partial charge in [-0.25, -0.2) is 9.67 Å². The molecule has 2 aromatic rings. The van der Waals surface area contributed by atoms with Gasteiger partial charge < -0.3 is 9.84 Å². The molecule has 1 aliphatic heterocycles. The topological polar surface area (TPSA) is 60.2 Å². The van der Waals surface area contributed by atoms with Crippen molar-refractivity contribution in [3.05, 3.63) is 47.5 Å². The minimum Gasteiger partial charge on any atom is -0.393 e. The van der Waals surface area contributed by atoms with E-state index in [4.69, 9.17) is 14.8 Å². The number of aliphatic hydroxyl groups excluding tert-OH is 1. The van der Waals surface area contributed by atoms with Crippen LogP contribution in [-0.4, -0.2) is 39.2 Å². The Morgan fingerprint density at radius 1 is 0.962 bits per heavy atom. The number of aromatic nitrogens is 3. The van der Waals surface area contributed by atoms with Crippen LogP contribution in [0.3, 0.4) is 0 Å². The zero-order chi connectivity index (χ0) is 17.8. The summed E-state index contributed by atoms with van der Waals surface area (Å²) < 4.78 is 7.65. The number of hydrogen-bond acceptors (Lipinski definition) is 4. The summed E-state index contributed by atoms with van der Waals surface area (Å²) in [4.78, 5) is 5.01. The summed E-state index contributed by atoms with van der Waals surface area (Å²) in [5.74, 6) is 2.99. The molecule has 0 unspecified atom stereocenters. The Hall–Kier alpha value is -1.72. The first kappa shape index (κ1) is 17.7. The lowest BCUT2D eigenvalue weighted by Crippen LogP contribution is -2.20. The van der Waals surface area contributed by atoms with Crippen molar-refractivity contribution >= 4 is 0 Å². The number of benzene rings is 1. The molecule has 140 valence electrons. The standard InChI is InChI=1S/C21H29N3O2/c25-19-8-6-18(7-9-19)21-22-20(17-11-14-26-15-12-17)23-24(21)13-10-16-4-2-1-3-5-16/h1-5,17-19,25H,6-15H2. The largest absolute Gasteiger partial charge is 0.393 e. The van der Waals surface area contributed by atoms with Crippen LogP contribution >= 0.6 is 0 Å². The fourth-order valence-corrected chi connectivity index (χ4v) is 4.18. The molecule has 2 aliphatic rings. The Labute approximate surface area is 155 Å². The molecule has 0 bridgehead atoms. The molecule has 1 aromatic carbocycles. The number of ether oxygens (including phenoxy) is 1. The minimum absolute atomic E-state index is 0.137. The van der Waals surface area contributed by atoms with E-state index >= 15 is 0 Å². The van der Waals surface area contributed by atoms with E-state index in [1.807, 2.05) is 0 Å². The summed E-state index contributed by atoms with van der Waals surface area (Å²) in [6, 6.07) is 10.6. The van der Waals surface area contributed by atoms with Crippen LogP contribution in [0.4, 0.5) is 0 Å². The Morgan fingerprint density at radius 2 is 1.69 bits per heavy atom. The van der Waals surface area contributed by atoms with Gasteiger partial charge in [0.15, 0.2) is 5.82 Å². The lowest BCUT2D eigenvalue weighted by molar-refractivity contribution is 0.0835. The molecular formula is C21H29N3O2. The fraction of sp³-hybridized carbons (Fsp3) is 0.619. The van der Waals surface area contributed by atoms with E-state index in [2.05, 4.69) is 35.0 Å². The maximum absolute atomic E-state index is 9.85. The highest BCUT2D eigenvalue weighted by Gasteiger charge is 2.28. The predicted octanol–water partition coefficient (Wildman–Crippen LogP) is 3.43. The first-order valence-corrected chi connectivity index (χ1v) is 10.0. The molecule has 0 radical (unpaired) electrons. The molecule has 0 spiro atoms. The minimum atomic E-state index is -0.137. The molecule has 1 saturated heterocycles. The second-order valence-corrected chi connectivity index (χ2v) is 7.68. The first-order chi connectivity index (χ1) is 12.8. The van der Waals surface area contributed by atoms with Crippen molar-refractivity contribution in [3.8, 4) is 0 Å². The van der Waals surface area contributed by atoms with Crippen LogP contribution in [0.25, 0.3) is 0 Å². The average molecular weight is 355 g/mol. The molecule has 26 heavy (non-hydrogen) atoms. The van der Waals surface area contributed by atoms with Crippen LogP contribution in [0.5, 0.6) is 0 Å². The smallest absolute Gasteiger partial charge is 0.154 e. The van der Waals surface area contributed by atoms with Crippen molar-refractivity contribution in [1.82, 2.24) is 14.8 Å². The van der Waals surface area contributed by atoms with Gasteiger partial charge in [-0.05, 0) is 50.5 Å². The van der Waals surface area contributed by atoms with Crippen LogP contribution in [-0.2, 0) is 17.7 Å². The molecule has 2 fully saturated rings. The highest BCUT2D eigenvalue weighted by atomic mass is 16.5. The molecule has 2 heterocycles. The summed E-state index contributed by atoms with van der Waals surface area (Å²) in [7, 11) is 0. The first-order valence-electron chi connectivity index (χ1n) is 10.0. The molecule has 5 nitrogen and oxygen atoms in total. The summed E-state index contributed by atoms with van der Waals surface area (Å²) in [5, 5.41) is 14.8. The van der Waals surface area contributed by atoms with Gasteiger partial charge in [0.2, 0.25) is 0 Å². The summed E-state index contributed by atoms with van der Waals surface area (Å²) >= 11 is 0. The van der Waals surface area contributed by atoms with Gasteiger partial charge >= 0.3 is 0 Å². The highest BCUT2D eigenvalue weighted by molar-refractivity contribution is 5.15. The molecule has 0 amide bonds. The van der Waals surface area contributed by atoms with Gasteiger partial charge in [-0.1, -0.05) is 30.3 Å². The van der Waals surface area contributed by atoms with Gasteiger partial charge in [0.1, 0.15) is 5.82 Å². The zero-order valence-electron chi connectivity index (χ0n) is 15.4. The normalized spacial score (nSPS) is 24.7. The Balaban J connectivity index is 1.54. The third kappa shape index (κ3) is 4.15. The van der Waals surface area contributed by atoms with Crippen molar-refractivity contribution < 1.29 is 9.84 Å². The van der Waals surface area contributed by atoms with Crippen molar-refractivity contribution in [2.45, 2.75) is 69.4 Å². The molecule has 1 aromatic heterocycles. The van der Waals surface area contributed by atoms with E-state index in [-0.39, 0.29) is 6.10 Å². The quantitative estimate of drug-likeness (QED) is 0.893. The van der Waals surface area contributed by atoms with Gasteiger partial charge in [-0.2, -0.15) is 5.10 Å². The molecule has 5 heteroatoms. The summed E-state index contributed by atoms with van der Waals surface area (Å²) in [6.07, 6.45) is 6.65. The number of aryl methyl sites for hydroxylation is 2. The molecule has 0 atom stereocenters. The maximum Gasteiger partial charge on any atom is 0.154 e.